The second-order valence-electron chi connectivity index (χ2n) is 3.62. The molecule has 0 radical (unpaired) electrons. The van der Waals surface area contributed by atoms with E-state index in [2.05, 4.69) is 4.98 Å². The molecular weight excluding hydrogens is 252 g/mol. The zero-order chi connectivity index (χ0) is 12.1. The number of halogens is 1. The summed E-state index contributed by atoms with van der Waals surface area (Å²) in [5, 5.41) is 1.78. The van der Waals surface area contributed by atoms with Gasteiger partial charge in [0, 0.05) is 23.5 Å². The summed E-state index contributed by atoms with van der Waals surface area (Å²) in [4.78, 5) is 4.34. The van der Waals surface area contributed by atoms with Gasteiger partial charge in [-0.2, -0.15) is 0 Å². The van der Waals surface area contributed by atoms with E-state index in [0.29, 0.717) is 6.54 Å². The molecule has 0 aliphatic carbocycles. The van der Waals surface area contributed by atoms with Gasteiger partial charge in [0.1, 0.15) is 0 Å². The second-order valence-corrected chi connectivity index (χ2v) is 5.06. The van der Waals surface area contributed by atoms with Gasteiger partial charge in [0.25, 0.3) is 0 Å². The van der Waals surface area contributed by atoms with Crippen molar-refractivity contribution in [1.82, 2.24) is 4.98 Å². The van der Waals surface area contributed by atoms with E-state index >= 15 is 0 Å². The van der Waals surface area contributed by atoms with Crippen molar-refractivity contribution in [2.75, 3.05) is 0 Å². The number of thioether (sulfide) groups is 1. The summed E-state index contributed by atoms with van der Waals surface area (Å²) < 4.78 is 0. The molecule has 2 aromatic rings. The maximum Gasteiger partial charge on any atom is 0.0963 e. The quantitative estimate of drug-likeness (QED) is 0.860. The molecular formula is C13H13ClN2S. The molecule has 88 valence electrons. The van der Waals surface area contributed by atoms with Crippen molar-refractivity contribution in [1.29, 1.82) is 0 Å². The molecule has 2 rings (SSSR count). The molecule has 0 aliphatic heterocycles. The molecule has 0 unspecified atom stereocenters. The van der Waals surface area contributed by atoms with Crippen molar-refractivity contribution >= 4 is 23.4 Å². The Morgan fingerprint density at radius 3 is 2.35 bits per heavy atom. The number of hydrogen-bond acceptors (Lipinski definition) is 3. The molecule has 4 heteroatoms. The van der Waals surface area contributed by atoms with Crippen LogP contribution >= 0.6 is 23.4 Å². The van der Waals surface area contributed by atoms with Gasteiger partial charge in [-0.15, -0.1) is 11.8 Å². The maximum atomic E-state index is 5.83. The highest BCUT2D eigenvalue weighted by atomic mass is 35.5. The smallest absolute Gasteiger partial charge is 0.0963 e. The van der Waals surface area contributed by atoms with E-state index in [1.54, 1.807) is 11.8 Å². The zero-order valence-corrected chi connectivity index (χ0v) is 10.8. The van der Waals surface area contributed by atoms with Crippen LogP contribution in [0.4, 0.5) is 0 Å². The molecule has 0 amide bonds. The highest BCUT2D eigenvalue weighted by Gasteiger charge is 1.98. The summed E-state index contributed by atoms with van der Waals surface area (Å²) in [6, 6.07) is 11.9. The highest BCUT2D eigenvalue weighted by Crippen LogP contribution is 2.21. The predicted octanol–water partition coefficient (Wildman–Crippen LogP) is 3.49. The Kier molecular flexibility index (Phi) is 4.42. The molecule has 0 atom stereocenters. The molecule has 2 nitrogen and oxygen atoms in total. The number of benzene rings is 1. The lowest BCUT2D eigenvalue weighted by atomic mass is 10.2. The number of pyridine rings is 1. The SMILES string of the molecule is NCc1ccc(SCc2ccc(Cl)cc2)nc1. The van der Waals surface area contributed by atoms with Crippen molar-refractivity contribution in [3.8, 4) is 0 Å². The van der Waals surface area contributed by atoms with Crippen LogP contribution in [0.1, 0.15) is 11.1 Å². The summed E-state index contributed by atoms with van der Waals surface area (Å²) in [6.07, 6.45) is 1.82. The third kappa shape index (κ3) is 3.73. The van der Waals surface area contributed by atoms with Crippen molar-refractivity contribution in [2.24, 2.45) is 5.73 Å². The monoisotopic (exact) mass is 264 g/mol. The van der Waals surface area contributed by atoms with Crippen LogP contribution in [0.5, 0.6) is 0 Å². The average molecular weight is 265 g/mol. The Morgan fingerprint density at radius 1 is 1.06 bits per heavy atom. The summed E-state index contributed by atoms with van der Waals surface area (Å²) >= 11 is 7.53. The topological polar surface area (TPSA) is 38.9 Å². The van der Waals surface area contributed by atoms with Crippen LogP contribution in [0.25, 0.3) is 0 Å². The first-order valence-corrected chi connectivity index (χ1v) is 6.66. The van der Waals surface area contributed by atoms with Gasteiger partial charge < -0.3 is 5.73 Å². The van der Waals surface area contributed by atoms with Crippen LogP contribution < -0.4 is 5.73 Å². The third-order valence-corrected chi connectivity index (χ3v) is 3.60. The van der Waals surface area contributed by atoms with Gasteiger partial charge in [0.15, 0.2) is 0 Å². The van der Waals surface area contributed by atoms with E-state index in [-0.39, 0.29) is 0 Å². The predicted molar refractivity (Wildman–Crippen MR) is 73.1 cm³/mol. The first-order valence-electron chi connectivity index (χ1n) is 5.30. The van der Waals surface area contributed by atoms with Crippen LogP contribution in [-0.2, 0) is 12.3 Å². The van der Waals surface area contributed by atoms with Crippen molar-refractivity contribution in [3.63, 3.8) is 0 Å². The Hall–Kier alpha value is -1.03. The van der Waals surface area contributed by atoms with Gasteiger partial charge in [-0.05, 0) is 29.3 Å². The third-order valence-electron chi connectivity index (χ3n) is 2.33. The number of nitrogens with two attached hydrogens (primary N) is 1. The fourth-order valence-electron chi connectivity index (χ4n) is 1.35. The Labute approximate surface area is 110 Å². The second kappa shape index (κ2) is 6.05. The summed E-state index contributed by atoms with van der Waals surface area (Å²) in [5.74, 6) is 0.895. The van der Waals surface area contributed by atoms with E-state index in [1.165, 1.54) is 5.56 Å². The minimum Gasteiger partial charge on any atom is -0.326 e. The number of aromatic nitrogens is 1. The summed E-state index contributed by atoms with van der Waals surface area (Å²) in [6.45, 7) is 0.537. The highest BCUT2D eigenvalue weighted by molar-refractivity contribution is 7.98. The van der Waals surface area contributed by atoms with Crippen LogP contribution in [-0.4, -0.2) is 4.98 Å². The lowest BCUT2D eigenvalue weighted by Crippen LogP contribution is -1.96. The molecule has 2 N–H and O–H groups in total. The molecule has 1 aromatic carbocycles. The van der Waals surface area contributed by atoms with Crippen molar-refractivity contribution < 1.29 is 0 Å². The molecule has 0 spiro atoms. The van der Waals surface area contributed by atoms with Crippen LogP contribution in [0.3, 0.4) is 0 Å². The Bertz CT molecular complexity index is 468. The van der Waals surface area contributed by atoms with E-state index in [0.717, 1.165) is 21.4 Å². The van der Waals surface area contributed by atoms with E-state index in [9.17, 15) is 0 Å². The summed E-state index contributed by atoms with van der Waals surface area (Å²) in [7, 11) is 0. The van der Waals surface area contributed by atoms with Gasteiger partial charge in [-0.1, -0.05) is 29.8 Å². The van der Waals surface area contributed by atoms with Crippen molar-refractivity contribution in [2.45, 2.75) is 17.3 Å². The fraction of sp³-hybridized carbons (Fsp3) is 0.154. The zero-order valence-electron chi connectivity index (χ0n) is 9.27. The minimum absolute atomic E-state index is 0.537. The Morgan fingerprint density at radius 2 is 1.76 bits per heavy atom. The number of nitrogens with zero attached hydrogens (tertiary/aromatic N) is 1. The number of rotatable bonds is 4. The van der Waals surface area contributed by atoms with Gasteiger partial charge in [0.05, 0.1) is 5.03 Å². The molecule has 1 aromatic heterocycles. The standard InChI is InChI=1S/C13H13ClN2S/c14-12-4-1-10(2-5-12)9-17-13-6-3-11(7-15)8-16-13/h1-6,8H,7,9,15H2. The average Bonchev–Trinajstić information content (AvgIpc) is 2.39. The Balaban J connectivity index is 1.95. The lowest BCUT2D eigenvalue weighted by Gasteiger charge is -2.02. The van der Waals surface area contributed by atoms with Gasteiger partial charge >= 0.3 is 0 Å². The molecule has 0 bridgehead atoms. The molecule has 0 saturated carbocycles. The maximum absolute atomic E-state index is 5.83. The van der Waals surface area contributed by atoms with Gasteiger partial charge in [0.2, 0.25) is 0 Å². The number of hydrogen-bond donors (Lipinski definition) is 1. The van der Waals surface area contributed by atoms with Crippen molar-refractivity contribution in [3.05, 3.63) is 58.7 Å². The minimum atomic E-state index is 0.537. The molecule has 0 fully saturated rings. The molecule has 0 saturated heterocycles. The normalized spacial score (nSPS) is 10.5. The first kappa shape index (κ1) is 12.4. The largest absolute Gasteiger partial charge is 0.326 e. The summed E-state index contributed by atoms with van der Waals surface area (Å²) in [5.41, 5.74) is 7.82. The van der Waals surface area contributed by atoms with Gasteiger partial charge in [-0.3, -0.25) is 0 Å². The molecule has 0 aliphatic rings. The first-order chi connectivity index (χ1) is 8.28. The molecule has 17 heavy (non-hydrogen) atoms. The lowest BCUT2D eigenvalue weighted by molar-refractivity contribution is 1.01. The van der Waals surface area contributed by atoms with E-state index in [1.807, 2.05) is 42.6 Å². The van der Waals surface area contributed by atoms with Crippen LogP contribution in [0, 0.1) is 0 Å². The fourth-order valence-corrected chi connectivity index (χ4v) is 2.28. The van der Waals surface area contributed by atoms with E-state index in [4.69, 9.17) is 17.3 Å². The van der Waals surface area contributed by atoms with Crippen LogP contribution in [0.15, 0.2) is 47.6 Å². The molecule has 1 heterocycles. The van der Waals surface area contributed by atoms with Gasteiger partial charge in [-0.25, -0.2) is 4.98 Å². The van der Waals surface area contributed by atoms with E-state index < -0.39 is 0 Å². The van der Waals surface area contributed by atoms with Crippen LogP contribution in [0.2, 0.25) is 5.02 Å².